The van der Waals surface area contributed by atoms with Gasteiger partial charge in [-0.1, -0.05) is 12.2 Å². The number of allylic oxidation sites excluding steroid dienone is 1. The number of oxazole rings is 1. The van der Waals surface area contributed by atoms with Crippen molar-refractivity contribution in [1.82, 2.24) is 9.88 Å². The van der Waals surface area contributed by atoms with Crippen molar-refractivity contribution < 1.29 is 19.1 Å². The highest BCUT2D eigenvalue weighted by molar-refractivity contribution is 5.86. The van der Waals surface area contributed by atoms with E-state index in [-0.39, 0.29) is 17.5 Å². The summed E-state index contributed by atoms with van der Waals surface area (Å²) in [5.74, 6) is -0.191. The molecule has 1 unspecified atom stereocenters. The van der Waals surface area contributed by atoms with Gasteiger partial charge in [-0.25, -0.2) is 9.78 Å². The van der Waals surface area contributed by atoms with Gasteiger partial charge < -0.3 is 14.4 Å². The van der Waals surface area contributed by atoms with Gasteiger partial charge in [0.25, 0.3) is 0 Å². The highest BCUT2D eigenvalue weighted by atomic mass is 16.4. The van der Waals surface area contributed by atoms with Crippen molar-refractivity contribution in [3.63, 3.8) is 0 Å². The van der Waals surface area contributed by atoms with Crippen LogP contribution in [0.25, 0.3) is 0 Å². The van der Waals surface area contributed by atoms with Crippen LogP contribution in [0.2, 0.25) is 0 Å². The zero-order chi connectivity index (χ0) is 15.7. The van der Waals surface area contributed by atoms with Gasteiger partial charge in [0.05, 0.1) is 0 Å². The monoisotopic (exact) mass is 304 g/mol. The molecule has 1 atom stereocenters. The summed E-state index contributed by atoms with van der Waals surface area (Å²) >= 11 is 0. The van der Waals surface area contributed by atoms with Crippen LogP contribution >= 0.6 is 0 Å². The van der Waals surface area contributed by atoms with Crippen LogP contribution in [0.1, 0.15) is 54.3 Å². The Kier molecular flexibility index (Phi) is 4.00. The van der Waals surface area contributed by atoms with Crippen molar-refractivity contribution in [3.8, 4) is 0 Å². The first-order valence-electron chi connectivity index (χ1n) is 7.65. The molecule has 0 aromatic carbocycles. The van der Waals surface area contributed by atoms with E-state index in [1.807, 2.05) is 4.90 Å². The maximum atomic E-state index is 12.4. The molecule has 1 saturated carbocycles. The van der Waals surface area contributed by atoms with Crippen LogP contribution in [0.5, 0.6) is 0 Å². The van der Waals surface area contributed by atoms with E-state index in [2.05, 4.69) is 11.6 Å². The van der Waals surface area contributed by atoms with Crippen molar-refractivity contribution in [1.29, 1.82) is 0 Å². The molecule has 22 heavy (non-hydrogen) atoms. The Labute approximate surface area is 128 Å². The Morgan fingerprint density at radius 1 is 1.45 bits per heavy atom. The number of carboxylic acids is 1. The second-order valence-electron chi connectivity index (χ2n) is 6.28. The molecule has 2 aliphatic rings. The van der Waals surface area contributed by atoms with E-state index in [0.29, 0.717) is 24.6 Å². The van der Waals surface area contributed by atoms with Crippen molar-refractivity contribution >= 4 is 11.9 Å². The largest absolute Gasteiger partial charge is 0.476 e. The summed E-state index contributed by atoms with van der Waals surface area (Å²) in [6, 6.07) is 0. The minimum atomic E-state index is -1.08. The van der Waals surface area contributed by atoms with Gasteiger partial charge in [0.15, 0.2) is 12.1 Å². The van der Waals surface area contributed by atoms with E-state index in [1.165, 1.54) is 12.0 Å². The Morgan fingerprint density at radius 2 is 2.23 bits per heavy atom. The second-order valence-corrected chi connectivity index (χ2v) is 6.28. The highest BCUT2D eigenvalue weighted by Crippen LogP contribution is 2.35. The van der Waals surface area contributed by atoms with Gasteiger partial charge in [0.1, 0.15) is 5.76 Å². The summed E-state index contributed by atoms with van der Waals surface area (Å²) in [5, 5.41) is 9.13. The Hall–Kier alpha value is -2.11. The predicted octanol–water partition coefficient (Wildman–Crippen LogP) is 2.44. The highest BCUT2D eigenvalue weighted by Gasteiger charge is 2.32. The van der Waals surface area contributed by atoms with E-state index >= 15 is 0 Å². The lowest BCUT2D eigenvalue weighted by molar-refractivity contribution is -0.133. The quantitative estimate of drug-likeness (QED) is 0.864. The summed E-state index contributed by atoms with van der Waals surface area (Å²) < 4.78 is 5.28. The summed E-state index contributed by atoms with van der Waals surface area (Å²) in [4.78, 5) is 29.1. The zero-order valence-corrected chi connectivity index (χ0v) is 12.5. The molecule has 3 rings (SSSR count). The third kappa shape index (κ3) is 2.91. The fourth-order valence-corrected chi connectivity index (χ4v) is 3.40. The molecule has 1 aromatic heterocycles. The maximum absolute atomic E-state index is 12.4. The minimum absolute atomic E-state index is 0.0328. The molecule has 6 nitrogen and oxygen atoms in total. The molecule has 1 aliphatic carbocycles. The molecule has 1 saturated heterocycles. The Bertz CT molecular complexity index is 599. The molecule has 1 N–H and O–H groups in total. The molecule has 0 spiro atoms. The maximum Gasteiger partial charge on any atom is 0.358 e. The summed E-state index contributed by atoms with van der Waals surface area (Å²) in [6.45, 7) is 5.15. The van der Waals surface area contributed by atoms with Crippen molar-refractivity contribution in [2.75, 3.05) is 13.1 Å². The number of rotatable bonds is 4. The zero-order valence-electron chi connectivity index (χ0n) is 12.5. The van der Waals surface area contributed by atoms with Gasteiger partial charge in [0.2, 0.25) is 5.91 Å². The van der Waals surface area contributed by atoms with Crippen LogP contribution in [-0.2, 0) is 4.79 Å². The molecule has 118 valence electrons. The number of aromatic carboxylic acids is 1. The van der Waals surface area contributed by atoms with Crippen LogP contribution in [0.4, 0.5) is 0 Å². The number of nitrogens with zero attached hydrogens (tertiary/aromatic N) is 2. The fourth-order valence-electron chi connectivity index (χ4n) is 3.40. The second kappa shape index (κ2) is 5.94. The van der Waals surface area contributed by atoms with Crippen molar-refractivity contribution in [2.24, 2.45) is 5.92 Å². The fraction of sp³-hybridized carbons (Fsp3) is 0.562. The van der Waals surface area contributed by atoms with Crippen LogP contribution in [0, 0.1) is 5.92 Å². The lowest BCUT2D eigenvalue weighted by Gasteiger charge is -2.35. The molecule has 0 radical (unpaired) electrons. The van der Waals surface area contributed by atoms with E-state index in [4.69, 9.17) is 9.52 Å². The van der Waals surface area contributed by atoms with Crippen LogP contribution < -0.4 is 0 Å². The van der Waals surface area contributed by atoms with E-state index < -0.39 is 5.97 Å². The summed E-state index contributed by atoms with van der Waals surface area (Å²) in [5.41, 5.74) is 1.19. The number of carboxylic acid groups (broad SMARTS) is 1. The average Bonchev–Trinajstić information content (AvgIpc) is 2.95. The van der Waals surface area contributed by atoms with Gasteiger partial charge in [-0.3, -0.25) is 4.79 Å². The number of hydrogen-bond donors (Lipinski definition) is 1. The molecule has 1 aliphatic heterocycles. The SMILES string of the molecule is C=C1CC(CC(=O)N2CCCC(c3ocnc3C(=O)O)C2)C1. The lowest BCUT2D eigenvalue weighted by Crippen LogP contribution is -2.40. The summed E-state index contributed by atoms with van der Waals surface area (Å²) in [6.07, 6.45) is 5.31. The number of likely N-dealkylation sites (tertiary alicyclic amines) is 1. The number of piperidine rings is 1. The van der Waals surface area contributed by atoms with Gasteiger partial charge in [0, 0.05) is 25.4 Å². The normalized spacial score (nSPS) is 22.5. The van der Waals surface area contributed by atoms with Gasteiger partial charge in [-0.2, -0.15) is 0 Å². The molecule has 6 heteroatoms. The number of hydrogen-bond acceptors (Lipinski definition) is 4. The average molecular weight is 304 g/mol. The molecule has 2 fully saturated rings. The van der Waals surface area contributed by atoms with E-state index in [1.54, 1.807) is 0 Å². The molecule has 1 aromatic rings. The van der Waals surface area contributed by atoms with Gasteiger partial charge in [-0.05, 0) is 31.6 Å². The van der Waals surface area contributed by atoms with Crippen molar-refractivity contribution in [2.45, 2.75) is 38.0 Å². The van der Waals surface area contributed by atoms with Crippen LogP contribution in [0.3, 0.4) is 0 Å². The molecule has 2 heterocycles. The molecular formula is C16H20N2O4. The predicted molar refractivity (Wildman–Crippen MR) is 78.5 cm³/mol. The lowest BCUT2D eigenvalue weighted by atomic mass is 9.78. The van der Waals surface area contributed by atoms with Gasteiger partial charge in [-0.15, -0.1) is 0 Å². The molecular weight excluding hydrogens is 284 g/mol. The van der Waals surface area contributed by atoms with Gasteiger partial charge >= 0.3 is 5.97 Å². The topological polar surface area (TPSA) is 83.6 Å². The van der Waals surface area contributed by atoms with Crippen molar-refractivity contribution in [3.05, 3.63) is 30.0 Å². The minimum Gasteiger partial charge on any atom is -0.476 e. The number of carbonyl (C=O) groups excluding carboxylic acids is 1. The third-order valence-corrected chi connectivity index (χ3v) is 4.56. The molecule has 0 bridgehead atoms. The van der Waals surface area contributed by atoms with Crippen LogP contribution in [0.15, 0.2) is 23.0 Å². The Balaban J connectivity index is 1.63. The third-order valence-electron chi connectivity index (χ3n) is 4.56. The number of aromatic nitrogens is 1. The number of amides is 1. The standard InChI is InChI=1S/C16H20N2O4/c1-10-5-11(6-10)7-13(19)18-4-2-3-12(8-18)15-14(16(20)21)17-9-22-15/h9,11-12H,1-8H2,(H,20,21). The first kappa shape index (κ1) is 14.8. The van der Waals surface area contributed by atoms with E-state index in [0.717, 1.165) is 32.2 Å². The van der Waals surface area contributed by atoms with Crippen LogP contribution in [-0.4, -0.2) is 40.0 Å². The first-order valence-corrected chi connectivity index (χ1v) is 7.65. The summed E-state index contributed by atoms with van der Waals surface area (Å²) in [7, 11) is 0. The smallest absolute Gasteiger partial charge is 0.358 e. The molecule has 1 amide bonds. The Morgan fingerprint density at radius 3 is 2.91 bits per heavy atom. The first-order chi connectivity index (χ1) is 10.5. The number of carbonyl (C=O) groups is 2. The van der Waals surface area contributed by atoms with E-state index in [9.17, 15) is 9.59 Å².